The molecule has 0 bridgehead atoms. The molecule has 0 saturated heterocycles. The Morgan fingerprint density at radius 3 is 2.56 bits per heavy atom. The number of hydrogen-bond donors (Lipinski definition) is 1. The van der Waals surface area contributed by atoms with Crippen LogP contribution < -0.4 is 5.32 Å². The second kappa shape index (κ2) is 4.55. The maximum absolute atomic E-state index is 5.47. The van der Waals surface area contributed by atoms with Crippen molar-refractivity contribution in [1.82, 2.24) is 9.97 Å². The highest BCUT2D eigenvalue weighted by Gasteiger charge is 2.12. The van der Waals surface area contributed by atoms with Gasteiger partial charge in [-0.1, -0.05) is 0 Å². The van der Waals surface area contributed by atoms with Crippen molar-refractivity contribution in [2.24, 2.45) is 0 Å². The third-order valence-electron chi connectivity index (χ3n) is 1.98. The average molecular weight is 347 g/mol. The van der Waals surface area contributed by atoms with E-state index in [9.17, 15) is 0 Å². The molecule has 0 spiro atoms. The molecular weight excluding hydrogens is 338 g/mol. The van der Waals surface area contributed by atoms with E-state index in [0.29, 0.717) is 16.3 Å². The molecular formula is C10H9Br2N3O. The molecule has 0 aliphatic rings. The van der Waals surface area contributed by atoms with Gasteiger partial charge in [0.15, 0.2) is 16.3 Å². The van der Waals surface area contributed by atoms with Crippen molar-refractivity contribution in [3.8, 4) is 11.6 Å². The third kappa shape index (κ3) is 2.27. The number of furan rings is 1. The monoisotopic (exact) mass is 345 g/mol. The van der Waals surface area contributed by atoms with E-state index in [-0.39, 0.29) is 0 Å². The molecule has 0 aliphatic heterocycles. The summed E-state index contributed by atoms with van der Waals surface area (Å²) in [6, 6.07) is 3.70. The largest absolute Gasteiger partial charge is 0.445 e. The number of nitrogens with one attached hydrogen (secondary N) is 1. The first-order chi connectivity index (χ1) is 7.60. The van der Waals surface area contributed by atoms with Gasteiger partial charge in [-0.25, -0.2) is 9.97 Å². The van der Waals surface area contributed by atoms with Crippen LogP contribution in [0.4, 0.5) is 5.82 Å². The molecule has 6 heteroatoms. The fraction of sp³-hybridized carbons (Fsp3) is 0.200. The Bertz CT molecular complexity index is 505. The van der Waals surface area contributed by atoms with Gasteiger partial charge < -0.3 is 9.73 Å². The van der Waals surface area contributed by atoms with Crippen LogP contribution in [-0.4, -0.2) is 17.0 Å². The number of anilines is 1. The topological polar surface area (TPSA) is 51.0 Å². The zero-order valence-corrected chi connectivity index (χ0v) is 11.9. The van der Waals surface area contributed by atoms with E-state index in [1.807, 2.05) is 26.1 Å². The lowest BCUT2D eigenvalue weighted by atomic mass is 10.3. The van der Waals surface area contributed by atoms with Gasteiger partial charge in [0.05, 0.1) is 4.47 Å². The number of nitrogens with zero attached hydrogens (tertiary/aromatic N) is 2. The van der Waals surface area contributed by atoms with Crippen LogP contribution in [0.3, 0.4) is 0 Å². The standard InChI is InChI=1S/C10H9Br2N3O/c1-5-3-8(13-2)15-10(14-5)7-4-6(11)9(12)16-7/h3-4H,1-2H3,(H,13,14,15). The molecule has 0 aromatic carbocycles. The van der Waals surface area contributed by atoms with Crippen molar-refractivity contribution in [2.75, 3.05) is 12.4 Å². The molecule has 0 fully saturated rings. The minimum Gasteiger partial charge on any atom is -0.445 e. The number of rotatable bonds is 2. The molecule has 2 aromatic rings. The van der Waals surface area contributed by atoms with Crippen LogP contribution >= 0.6 is 31.9 Å². The van der Waals surface area contributed by atoms with Crippen molar-refractivity contribution in [2.45, 2.75) is 6.92 Å². The SMILES string of the molecule is CNc1cc(C)nc(-c2cc(Br)c(Br)o2)n1. The van der Waals surface area contributed by atoms with Crippen LogP contribution in [0, 0.1) is 6.92 Å². The molecule has 2 heterocycles. The Kier molecular flexibility index (Phi) is 3.30. The van der Waals surface area contributed by atoms with Crippen LogP contribution in [-0.2, 0) is 0 Å². The molecule has 0 aliphatic carbocycles. The first-order valence-electron chi connectivity index (χ1n) is 4.59. The van der Waals surface area contributed by atoms with Gasteiger partial charge in [-0.05, 0) is 38.8 Å². The van der Waals surface area contributed by atoms with Crippen molar-refractivity contribution in [1.29, 1.82) is 0 Å². The van der Waals surface area contributed by atoms with Gasteiger partial charge in [0, 0.05) is 24.9 Å². The summed E-state index contributed by atoms with van der Waals surface area (Å²) < 4.78 is 6.96. The van der Waals surface area contributed by atoms with Crippen LogP contribution in [0.25, 0.3) is 11.6 Å². The summed E-state index contributed by atoms with van der Waals surface area (Å²) in [6.45, 7) is 1.92. The molecule has 0 unspecified atom stereocenters. The van der Waals surface area contributed by atoms with E-state index in [1.54, 1.807) is 0 Å². The molecule has 1 N–H and O–H groups in total. The highest BCUT2D eigenvalue weighted by molar-refractivity contribution is 9.13. The van der Waals surface area contributed by atoms with Gasteiger partial charge in [0.1, 0.15) is 5.82 Å². The lowest BCUT2D eigenvalue weighted by molar-refractivity contribution is 0.549. The van der Waals surface area contributed by atoms with Gasteiger partial charge in [-0.15, -0.1) is 0 Å². The van der Waals surface area contributed by atoms with E-state index < -0.39 is 0 Å². The van der Waals surface area contributed by atoms with E-state index in [1.165, 1.54) is 0 Å². The highest BCUT2D eigenvalue weighted by atomic mass is 79.9. The zero-order valence-electron chi connectivity index (χ0n) is 8.71. The summed E-state index contributed by atoms with van der Waals surface area (Å²) in [6.07, 6.45) is 0. The van der Waals surface area contributed by atoms with Crippen molar-refractivity contribution >= 4 is 37.7 Å². The normalized spacial score (nSPS) is 10.5. The first-order valence-corrected chi connectivity index (χ1v) is 6.17. The summed E-state index contributed by atoms with van der Waals surface area (Å²) in [7, 11) is 1.82. The van der Waals surface area contributed by atoms with Crippen molar-refractivity contribution < 1.29 is 4.42 Å². The maximum Gasteiger partial charge on any atom is 0.197 e. The van der Waals surface area contributed by atoms with E-state index in [0.717, 1.165) is 16.0 Å². The summed E-state index contributed by atoms with van der Waals surface area (Å²) in [5.41, 5.74) is 0.887. The molecule has 16 heavy (non-hydrogen) atoms. The molecule has 2 rings (SSSR count). The van der Waals surface area contributed by atoms with E-state index >= 15 is 0 Å². The lowest BCUT2D eigenvalue weighted by Crippen LogP contribution is -1.97. The Morgan fingerprint density at radius 2 is 2.00 bits per heavy atom. The molecule has 0 saturated carbocycles. The fourth-order valence-electron chi connectivity index (χ4n) is 1.26. The van der Waals surface area contributed by atoms with Gasteiger partial charge in [0.2, 0.25) is 0 Å². The Hall–Kier alpha value is -0.880. The van der Waals surface area contributed by atoms with Crippen LogP contribution in [0.15, 0.2) is 25.7 Å². The summed E-state index contributed by atoms with van der Waals surface area (Å²) in [5, 5.41) is 2.98. The molecule has 84 valence electrons. The molecule has 4 nitrogen and oxygen atoms in total. The van der Waals surface area contributed by atoms with Crippen molar-refractivity contribution in [3.05, 3.63) is 27.0 Å². The first kappa shape index (κ1) is 11.6. The summed E-state index contributed by atoms with van der Waals surface area (Å²) in [4.78, 5) is 8.64. The average Bonchev–Trinajstić information content (AvgIpc) is 2.58. The third-order valence-corrected chi connectivity index (χ3v) is 3.69. The predicted molar refractivity (Wildman–Crippen MR) is 69.4 cm³/mol. The summed E-state index contributed by atoms with van der Waals surface area (Å²) in [5.74, 6) is 1.96. The number of hydrogen-bond acceptors (Lipinski definition) is 4. The Labute approximate surface area is 110 Å². The van der Waals surface area contributed by atoms with Gasteiger partial charge in [-0.2, -0.15) is 0 Å². The van der Waals surface area contributed by atoms with Crippen LogP contribution in [0.1, 0.15) is 5.69 Å². The molecule has 0 amide bonds. The van der Waals surface area contributed by atoms with Crippen LogP contribution in [0.2, 0.25) is 0 Å². The second-order valence-corrected chi connectivity index (χ2v) is 4.78. The fourth-order valence-corrected chi connectivity index (χ4v) is 1.84. The van der Waals surface area contributed by atoms with Gasteiger partial charge in [-0.3, -0.25) is 0 Å². The molecule has 0 radical (unpaired) electrons. The van der Waals surface area contributed by atoms with Gasteiger partial charge >= 0.3 is 0 Å². The van der Waals surface area contributed by atoms with Crippen molar-refractivity contribution in [3.63, 3.8) is 0 Å². The smallest absolute Gasteiger partial charge is 0.197 e. The molecule has 2 aromatic heterocycles. The lowest BCUT2D eigenvalue weighted by Gasteiger charge is -2.02. The zero-order chi connectivity index (χ0) is 11.7. The Morgan fingerprint density at radius 1 is 1.25 bits per heavy atom. The quantitative estimate of drug-likeness (QED) is 0.902. The number of halogens is 2. The van der Waals surface area contributed by atoms with Crippen LogP contribution in [0.5, 0.6) is 0 Å². The second-order valence-electron chi connectivity index (χ2n) is 3.20. The number of aromatic nitrogens is 2. The highest BCUT2D eigenvalue weighted by Crippen LogP contribution is 2.31. The number of aryl methyl sites for hydroxylation is 1. The van der Waals surface area contributed by atoms with E-state index in [4.69, 9.17) is 4.42 Å². The van der Waals surface area contributed by atoms with Gasteiger partial charge in [0.25, 0.3) is 0 Å². The minimum absolute atomic E-state index is 0.566. The maximum atomic E-state index is 5.47. The predicted octanol–water partition coefficient (Wildman–Crippen LogP) is 3.61. The Balaban J connectivity index is 2.50. The summed E-state index contributed by atoms with van der Waals surface area (Å²) >= 11 is 6.64. The van der Waals surface area contributed by atoms with E-state index in [2.05, 4.69) is 47.1 Å². The molecule has 0 atom stereocenters. The minimum atomic E-state index is 0.566.